The summed E-state index contributed by atoms with van der Waals surface area (Å²) in [5, 5.41) is 9.20. The number of piperidine rings is 1. The second-order valence-corrected chi connectivity index (χ2v) is 8.37. The van der Waals surface area contributed by atoms with Gasteiger partial charge >= 0.3 is 0 Å². The van der Waals surface area contributed by atoms with Gasteiger partial charge in [0.15, 0.2) is 0 Å². The van der Waals surface area contributed by atoms with Gasteiger partial charge in [0, 0.05) is 38.6 Å². The molecule has 1 aromatic heterocycles. The smallest absolute Gasteiger partial charge is 0.223 e. The van der Waals surface area contributed by atoms with Crippen LogP contribution in [0.4, 0.5) is 0 Å². The molecule has 0 unspecified atom stereocenters. The second-order valence-electron chi connectivity index (χ2n) is 8.37. The molecule has 1 aliphatic heterocycles. The number of benzene rings is 1. The van der Waals surface area contributed by atoms with Gasteiger partial charge in [-0.05, 0) is 70.3 Å². The Morgan fingerprint density at radius 1 is 1.36 bits per heavy atom. The first-order valence-electron chi connectivity index (χ1n) is 10.4. The highest BCUT2D eigenvalue weighted by molar-refractivity contribution is 5.80. The maximum Gasteiger partial charge on any atom is 0.223 e. The number of fused-ring (bicyclic) bond motifs is 1. The lowest BCUT2D eigenvalue weighted by Gasteiger charge is -2.41. The number of likely N-dealkylation sites (tertiary alicyclic amines) is 1. The third-order valence-electron chi connectivity index (χ3n) is 6.25. The van der Waals surface area contributed by atoms with Gasteiger partial charge in [-0.3, -0.25) is 4.79 Å². The summed E-state index contributed by atoms with van der Waals surface area (Å²) < 4.78 is 0. The summed E-state index contributed by atoms with van der Waals surface area (Å²) in [6, 6.07) is 4.65. The number of nitrogens with zero attached hydrogens (tertiary/aromatic N) is 3. The third-order valence-corrected chi connectivity index (χ3v) is 6.25. The number of aliphatic hydroxyl groups is 1. The number of carbonyl (C=O) groups excluding carboxylic acids is 1. The number of amides is 1. The number of H-pyrrole nitrogens is 1. The highest BCUT2D eigenvalue weighted by atomic mass is 16.3. The lowest BCUT2D eigenvalue weighted by atomic mass is 9.87. The van der Waals surface area contributed by atoms with Crippen molar-refractivity contribution in [2.45, 2.75) is 52.0 Å². The van der Waals surface area contributed by atoms with Crippen LogP contribution in [0.2, 0.25) is 0 Å². The number of carbonyl (C=O) groups is 1. The van der Waals surface area contributed by atoms with E-state index >= 15 is 0 Å². The zero-order valence-electron chi connectivity index (χ0n) is 17.7. The lowest BCUT2D eigenvalue weighted by Crippen LogP contribution is -2.50. The van der Waals surface area contributed by atoms with E-state index < -0.39 is 0 Å². The molecular weight excluding hydrogens is 352 g/mol. The molecule has 2 aromatic rings. The fraction of sp³-hybridized carbons (Fsp3) is 0.636. The highest BCUT2D eigenvalue weighted by Crippen LogP contribution is 2.26. The van der Waals surface area contributed by atoms with Crippen LogP contribution in [-0.4, -0.2) is 70.6 Å². The van der Waals surface area contributed by atoms with E-state index in [0.29, 0.717) is 24.8 Å². The molecule has 3 rings (SSSR count). The van der Waals surface area contributed by atoms with E-state index in [1.165, 1.54) is 11.1 Å². The molecule has 154 valence electrons. The maximum atomic E-state index is 12.8. The predicted octanol–water partition coefficient (Wildman–Crippen LogP) is 2.66. The summed E-state index contributed by atoms with van der Waals surface area (Å²) in [6.07, 6.45) is 3.89. The Hall–Kier alpha value is -1.92. The Bertz CT molecular complexity index is 814. The minimum absolute atomic E-state index is 0.208. The van der Waals surface area contributed by atoms with E-state index in [4.69, 9.17) is 4.98 Å². The summed E-state index contributed by atoms with van der Waals surface area (Å²) in [5.74, 6) is 1.52. The Morgan fingerprint density at radius 3 is 2.86 bits per heavy atom. The number of nitrogens with one attached hydrogen (secondary N) is 1. The van der Waals surface area contributed by atoms with Crippen molar-refractivity contribution in [3.05, 3.63) is 29.1 Å². The summed E-state index contributed by atoms with van der Waals surface area (Å²) in [7, 11) is 4.22. The van der Waals surface area contributed by atoms with Gasteiger partial charge < -0.3 is 19.9 Å². The van der Waals surface area contributed by atoms with E-state index in [9.17, 15) is 9.90 Å². The van der Waals surface area contributed by atoms with Crippen molar-refractivity contribution in [3.63, 3.8) is 0 Å². The topological polar surface area (TPSA) is 72.5 Å². The van der Waals surface area contributed by atoms with Crippen LogP contribution < -0.4 is 0 Å². The molecule has 1 amide bonds. The number of aromatic amines is 1. The molecule has 1 saturated heterocycles. The second kappa shape index (κ2) is 9.05. The van der Waals surface area contributed by atoms with Gasteiger partial charge in [0.1, 0.15) is 5.82 Å². The van der Waals surface area contributed by atoms with Crippen molar-refractivity contribution in [2.75, 3.05) is 33.8 Å². The Labute approximate surface area is 167 Å². The fourth-order valence-electron chi connectivity index (χ4n) is 4.43. The Kier molecular flexibility index (Phi) is 6.73. The number of hydrogen-bond acceptors (Lipinski definition) is 4. The largest absolute Gasteiger partial charge is 0.396 e. The number of aromatic nitrogens is 2. The Morgan fingerprint density at radius 2 is 2.14 bits per heavy atom. The van der Waals surface area contributed by atoms with Crippen LogP contribution in [-0.2, 0) is 11.2 Å². The van der Waals surface area contributed by atoms with Crippen molar-refractivity contribution in [1.82, 2.24) is 19.8 Å². The summed E-state index contributed by atoms with van der Waals surface area (Å²) in [5.41, 5.74) is 4.49. The van der Waals surface area contributed by atoms with Crippen LogP contribution in [0.5, 0.6) is 0 Å². The van der Waals surface area contributed by atoms with Crippen LogP contribution >= 0.6 is 0 Å². The van der Waals surface area contributed by atoms with Gasteiger partial charge in [0.05, 0.1) is 11.0 Å². The molecule has 6 heteroatoms. The molecule has 0 spiro atoms. The van der Waals surface area contributed by atoms with Crippen LogP contribution in [0.3, 0.4) is 0 Å². The molecule has 6 nitrogen and oxygen atoms in total. The average molecular weight is 387 g/mol. The van der Waals surface area contributed by atoms with Gasteiger partial charge in [-0.15, -0.1) is 0 Å². The first-order chi connectivity index (χ1) is 13.4. The third kappa shape index (κ3) is 4.55. The summed E-state index contributed by atoms with van der Waals surface area (Å²) in [6.45, 7) is 6.01. The standard InChI is InChI=1S/C22H34N4O2/c1-15-7-8-18-22(16(15)2)24-20(23-18)9-10-21(28)26-12-11-19(25(3)4)17(14-26)6-5-13-27/h7-8,17,19,27H,5-6,9-14H2,1-4H3,(H,23,24)/t17-,19+/m0/s1. The van der Waals surface area contributed by atoms with Gasteiger partial charge in [-0.1, -0.05) is 6.07 Å². The van der Waals surface area contributed by atoms with Crippen LogP contribution in [0.1, 0.15) is 42.6 Å². The molecule has 0 radical (unpaired) electrons. The molecule has 0 aliphatic carbocycles. The minimum Gasteiger partial charge on any atom is -0.396 e. The van der Waals surface area contributed by atoms with E-state index in [-0.39, 0.29) is 12.5 Å². The molecule has 2 heterocycles. The van der Waals surface area contributed by atoms with Gasteiger partial charge in [-0.25, -0.2) is 4.98 Å². The molecule has 1 aliphatic rings. The molecule has 1 fully saturated rings. The quantitative estimate of drug-likeness (QED) is 0.767. The van der Waals surface area contributed by atoms with Crippen LogP contribution in [0.25, 0.3) is 11.0 Å². The molecule has 0 saturated carbocycles. The van der Waals surface area contributed by atoms with E-state index in [1.54, 1.807) is 0 Å². The van der Waals surface area contributed by atoms with Crippen LogP contribution in [0, 0.1) is 19.8 Å². The molecule has 28 heavy (non-hydrogen) atoms. The minimum atomic E-state index is 0.208. The van der Waals surface area contributed by atoms with E-state index in [2.05, 4.69) is 50.0 Å². The maximum absolute atomic E-state index is 12.8. The number of imidazole rings is 1. The first-order valence-corrected chi connectivity index (χ1v) is 10.4. The number of hydrogen-bond donors (Lipinski definition) is 2. The summed E-state index contributed by atoms with van der Waals surface area (Å²) >= 11 is 0. The lowest BCUT2D eigenvalue weighted by molar-refractivity contribution is -0.134. The molecule has 2 N–H and O–H groups in total. The normalized spacial score (nSPS) is 20.3. The monoisotopic (exact) mass is 386 g/mol. The number of aliphatic hydroxyl groups excluding tert-OH is 1. The zero-order chi connectivity index (χ0) is 20.3. The fourth-order valence-corrected chi connectivity index (χ4v) is 4.43. The van der Waals surface area contributed by atoms with Crippen molar-refractivity contribution < 1.29 is 9.90 Å². The first kappa shape index (κ1) is 20.8. The van der Waals surface area contributed by atoms with Gasteiger partial charge in [0.25, 0.3) is 0 Å². The number of aryl methyl sites for hydroxylation is 3. The van der Waals surface area contributed by atoms with Crippen LogP contribution in [0.15, 0.2) is 12.1 Å². The molecule has 1 aromatic carbocycles. The van der Waals surface area contributed by atoms with Crippen molar-refractivity contribution in [1.29, 1.82) is 0 Å². The summed E-state index contributed by atoms with van der Waals surface area (Å²) in [4.78, 5) is 25.2. The van der Waals surface area contributed by atoms with E-state index in [1.807, 2.05) is 4.90 Å². The Balaban J connectivity index is 1.61. The van der Waals surface area contributed by atoms with E-state index in [0.717, 1.165) is 49.2 Å². The number of rotatable bonds is 7. The zero-order valence-corrected chi connectivity index (χ0v) is 17.7. The van der Waals surface area contributed by atoms with Crippen molar-refractivity contribution in [3.8, 4) is 0 Å². The molecule has 0 bridgehead atoms. The predicted molar refractivity (Wildman–Crippen MR) is 112 cm³/mol. The SMILES string of the molecule is Cc1ccc2[nH]c(CCC(=O)N3CC[C@@H](N(C)C)[C@@H](CCCO)C3)nc2c1C. The molecular formula is C22H34N4O2. The van der Waals surface area contributed by atoms with Crippen molar-refractivity contribution >= 4 is 16.9 Å². The van der Waals surface area contributed by atoms with Gasteiger partial charge in [0.2, 0.25) is 5.91 Å². The highest BCUT2D eigenvalue weighted by Gasteiger charge is 2.32. The average Bonchev–Trinajstić information content (AvgIpc) is 3.11. The van der Waals surface area contributed by atoms with Crippen molar-refractivity contribution in [2.24, 2.45) is 5.92 Å². The molecule has 2 atom stereocenters. The van der Waals surface area contributed by atoms with Gasteiger partial charge in [-0.2, -0.15) is 0 Å².